The van der Waals surface area contributed by atoms with E-state index in [4.69, 9.17) is 15.2 Å². The molecule has 0 spiro atoms. The summed E-state index contributed by atoms with van der Waals surface area (Å²) in [6, 6.07) is 3.84. The number of pyridine rings is 1. The number of hydrogen-bond donors (Lipinski definition) is 1. The number of anilines is 1. The summed E-state index contributed by atoms with van der Waals surface area (Å²) in [4.78, 5) is 4.22. The minimum atomic E-state index is 0.375. The van der Waals surface area contributed by atoms with Gasteiger partial charge in [-0.05, 0) is 31.4 Å². The van der Waals surface area contributed by atoms with Crippen molar-refractivity contribution in [1.82, 2.24) is 4.98 Å². The van der Waals surface area contributed by atoms with E-state index in [0.29, 0.717) is 12.5 Å². The van der Waals surface area contributed by atoms with E-state index in [2.05, 4.69) is 4.98 Å². The molecule has 1 heterocycles. The normalized spacial score (nSPS) is 10.5. The molecule has 15 heavy (non-hydrogen) atoms. The van der Waals surface area contributed by atoms with E-state index in [0.717, 1.165) is 31.6 Å². The summed E-state index contributed by atoms with van der Waals surface area (Å²) in [6.45, 7) is 1.11. The average molecular weight is 210 g/mol. The van der Waals surface area contributed by atoms with Gasteiger partial charge in [0.25, 0.3) is 0 Å². The van der Waals surface area contributed by atoms with Crippen LogP contribution in [-0.2, 0) is 15.9 Å². The zero-order valence-electron chi connectivity index (χ0n) is 9.11. The molecule has 1 aromatic rings. The molecule has 0 aliphatic rings. The van der Waals surface area contributed by atoms with E-state index >= 15 is 0 Å². The van der Waals surface area contributed by atoms with Crippen LogP contribution in [-0.4, -0.2) is 25.5 Å². The number of ether oxygens (including phenoxy) is 2. The predicted octanol–water partition coefficient (Wildman–Crippen LogP) is 1.61. The maximum Gasteiger partial charge on any atom is 0.146 e. The third-order valence-electron chi connectivity index (χ3n) is 2.02. The van der Waals surface area contributed by atoms with Crippen molar-refractivity contribution in [1.29, 1.82) is 0 Å². The molecule has 4 nitrogen and oxygen atoms in total. The molecule has 0 saturated heterocycles. The van der Waals surface area contributed by atoms with Crippen LogP contribution < -0.4 is 5.73 Å². The molecule has 0 amide bonds. The topological polar surface area (TPSA) is 57.4 Å². The highest BCUT2D eigenvalue weighted by Gasteiger charge is 1.95. The van der Waals surface area contributed by atoms with E-state index in [1.807, 2.05) is 12.1 Å². The van der Waals surface area contributed by atoms with Crippen LogP contribution in [0.5, 0.6) is 0 Å². The zero-order valence-corrected chi connectivity index (χ0v) is 9.11. The van der Waals surface area contributed by atoms with Gasteiger partial charge in [0, 0.05) is 19.4 Å². The van der Waals surface area contributed by atoms with Crippen molar-refractivity contribution in [3.05, 3.63) is 24.0 Å². The minimum Gasteiger partial charge on any atom is -0.397 e. The Morgan fingerprint density at radius 1 is 1.33 bits per heavy atom. The second kappa shape index (κ2) is 7.20. The van der Waals surface area contributed by atoms with Gasteiger partial charge in [0.1, 0.15) is 6.79 Å². The van der Waals surface area contributed by atoms with Crippen LogP contribution in [0, 0.1) is 0 Å². The first-order valence-corrected chi connectivity index (χ1v) is 5.10. The number of hydrogen-bond acceptors (Lipinski definition) is 4. The number of rotatable bonds is 7. The molecular formula is C11H18N2O2. The van der Waals surface area contributed by atoms with Gasteiger partial charge in [-0.2, -0.15) is 0 Å². The van der Waals surface area contributed by atoms with Crippen LogP contribution >= 0.6 is 0 Å². The Kier molecular flexibility index (Phi) is 5.73. The molecule has 0 aliphatic heterocycles. The molecule has 0 aliphatic carbocycles. The monoisotopic (exact) mass is 210 g/mol. The SMILES string of the molecule is COCOCCCCc1ccc(N)cn1. The molecule has 0 radical (unpaired) electrons. The fourth-order valence-corrected chi connectivity index (χ4v) is 1.24. The lowest BCUT2D eigenvalue weighted by Gasteiger charge is -2.03. The third-order valence-corrected chi connectivity index (χ3v) is 2.02. The standard InChI is InChI=1S/C11H18N2O2/c1-14-9-15-7-3-2-4-11-6-5-10(12)8-13-11/h5-6,8H,2-4,7,9,12H2,1H3. The number of nitrogens with two attached hydrogens (primary N) is 1. The lowest BCUT2D eigenvalue weighted by Crippen LogP contribution is -1.99. The van der Waals surface area contributed by atoms with Crippen molar-refractivity contribution in [2.45, 2.75) is 19.3 Å². The highest BCUT2D eigenvalue weighted by molar-refractivity contribution is 5.34. The van der Waals surface area contributed by atoms with Crippen LogP contribution in [0.4, 0.5) is 5.69 Å². The first-order valence-electron chi connectivity index (χ1n) is 5.10. The number of nitrogen functional groups attached to an aromatic ring is 1. The van der Waals surface area contributed by atoms with E-state index in [-0.39, 0.29) is 0 Å². The molecule has 0 unspecified atom stereocenters. The minimum absolute atomic E-state index is 0.375. The molecule has 2 N–H and O–H groups in total. The Balaban J connectivity index is 2.07. The summed E-state index contributed by atoms with van der Waals surface area (Å²) >= 11 is 0. The largest absolute Gasteiger partial charge is 0.397 e. The van der Waals surface area contributed by atoms with Crippen molar-refractivity contribution in [3.8, 4) is 0 Å². The van der Waals surface area contributed by atoms with Gasteiger partial charge in [-0.15, -0.1) is 0 Å². The summed E-state index contributed by atoms with van der Waals surface area (Å²) in [7, 11) is 1.62. The van der Waals surface area contributed by atoms with Crippen LogP contribution in [0.25, 0.3) is 0 Å². The highest BCUT2D eigenvalue weighted by Crippen LogP contribution is 2.05. The highest BCUT2D eigenvalue weighted by atomic mass is 16.7. The smallest absolute Gasteiger partial charge is 0.146 e. The van der Waals surface area contributed by atoms with Crippen molar-refractivity contribution in [2.24, 2.45) is 0 Å². The quantitative estimate of drug-likeness (QED) is 0.548. The van der Waals surface area contributed by atoms with Crippen LogP contribution in [0.1, 0.15) is 18.5 Å². The first-order chi connectivity index (χ1) is 7.33. The summed E-state index contributed by atoms with van der Waals surface area (Å²) in [5.74, 6) is 0. The van der Waals surface area contributed by atoms with Crippen LogP contribution in [0.15, 0.2) is 18.3 Å². The van der Waals surface area contributed by atoms with Gasteiger partial charge in [-0.3, -0.25) is 4.98 Å². The van der Waals surface area contributed by atoms with Gasteiger partial charge in [0.2, 0.25) is 0 Å². The van der Waals surface area contributed by atoms with E-state index in [9.17, 15) is 0 Å². The summed E-state index contributed by atoms with van der Waals surface area (Å²) in [5.41, 5.74) is 7.33. The maximum atomic E-state index is 5.54. The van der Waals surface area contributed by atoms with Crippen molar-refractivity contribution in [2.75, 3.05) is 26.2 Å². The second-order valence-electron chi connectivity index (χ2n) is 3.35. The summed E-state index contributed by atoms with van der Waals surface area (Å²) in [6.07, 6.45) is 4.75. The van der Waals surface area contributed by atoms with Gasteiger partial charge >= 0.3 is 0 Å². The van der Waals surface area contributed by atoms with Gasteiger partial charge in [0.15, 0.2) is 0 Å². The molecule has 0 saturated carbocycles. The lowest BCUT2D eigenvalue weighted by atomic mass is 10.2. The number of aryl methyl sites for hydroxylation is 1. The molecule has 84 valence electrons. The summed E-state index contributed by atoms with van der Waals surface area (Å²) in [5, 5.41) is 0. The van der Waals surface area contributed by atoms with Crippen molar-refractivity contribution in [3.63, 3.8) is 0 Å². The maximum absolute atomic E-state index is 5.54. The van der Waals surface area contributed by atoms with E-state index in [1.54, 1.807) is 13.3 Å². The second-order valence-corrected chi connectivity index (χ2v) is 3.35. The van der Waals surface area contributed by atoms with Crippen molar-refractivity contribution < 1.29 is 9.47 Å². The van der Waals surface area contributed by atoms with Crippen LogP contribution in [0.2, 0.25) is 0 Å². The molecule has 0 atom stereocenters. The first kappa shape index (κ1) is 11.9. The Labute approximate surface area is 90.4 Å². The molecular weight excluding hydrogens is 192 g/mol. The Hall–Kier alpha value is -1.13. The predicted molar refractivity (Wildman–Crippen MR) is 59.4 cm³/mol. The molecule has 4 heteroatoms. The Morgan fingerprint density at radius 2 is 2.20 bits per heavy atom. The van der Waals surface area contributed by atoms with Gasteiger partial charge < -0.3 is 15.2 Å². The molecule has 0 aromatic carbocycles. The van der Waals surface area contributed by atoms with E-state index in [1.165, 1.54) is 0 Å². The Bertz CT molecular complexity index is 262. The number of nitrogens with zero attached hydrogens (tertiary/aromatic N) is 1. The summed E-state index contributed by atoms with van der Waals surface area (Å²) < 4.78 is 9.95. The number of methoxy groups -OCH3 is 1. The molecule has 0 fully saturated rings. The number of unbranched alkanes of at least 4 members (excludes halogenated alkanes) is 1. The van der Waals surface area contributed by atoms with Gasteiger partial charge in [-0.25, -0.2) is 0 Å². The molecule has 0 bridgehead atoms. The lowest BCUT2D eigenvalue weighted by molar-refractivity contribution is -0.0314. The fourth-order valence-electron chi connectivity index (χ4n) is 1.24. The average Bonchev–Trinajstić information content (AvgIpc) is 2.26. The van der Waals surface area contributed by atoms with Gasteiger partial charge in [0.05, 0.1) is 11.9 Å². The molecule has 1 aromatic heterocycles. The fraction of sp³-hybridized carbons (Fsp3) is 0.545. The van der Waals surface area contributed by atoms with Crippen LogP contribution in [0.3, 0.4) is 0 Å². The van der Waals surface area contributed by atoms with E-state index < -0.39 is 0 Å². The third kappa shape index (κ3) is 5.34. The zero-order chi connectivity index (χ0) is 10.9. The van der Waals surface area contributed by atoms with Gasteiger partial charge in [-0.1, -0.05) is 0 Å². The molecule has 1 rings (SSSR count). The van der Waals surface area contributed by atoms with Crippen molar-refractivity contribution >= 4 is 5.69 Å². The number of aromatic nitrogens is 1. The Morgan fingerprint density at radius 3 is 2.87 bits per heavy atom.